The summed E-state index contributed by atoms with van der Waals surface area (Å²) in [5, 5.41) is 18.6. The molecular weight excluding hydrogens is 252 g/mol. The molecule has 0 saturated heterocycles. The average Bonchev–Trinajstić information content (AvgIpc) is 2.86. The number of benzene rings is 2. The average molecular weight is 260 g/mol. The van der Waals surface area contributed by atoms with E-state index in [4.69, 9.17) is 19.7 Å². The molecule has 94 valence electrons. The van der Waals surface area contributed by atoms with Crippen LogP contribution in [-0.2, 0) is 0 Å². The van der Waals surface area contributed by atoms with Crippen LogP contribution in [0, 0.1) is 22.7 Å². The van der Waals surface area contributed by atoms with Crippen LogP contribution >= 0.6 is 0 Å². The zero-order valence-corrected chi connectivity index (χ0v) is 10.3. The highest BCUT2D eigenvalue weighted by Gasteiger charge is 2.15. The van der Waals surface area contributed by atoms with Crippen molar-refractivity contribution in [3.05, 3.63) is 59.9 Å². The number of para-hydroxylation sites is 1. The van der Waals surface area contributed by atoms with Crippen molar-refractivity contribution in [1.29, 1.82) is 10.5 Å². The van der Waals surface area contributed by atoms with E-state index in [1.807, 2.05) is 30.3 Å². The minimum absolute atomic E-state index is 0.135. The Bertz CT molecular complexity index is 849. The first kappa shape index (κ1) is 11.8. The Morgan fingerprint density at radius 1 is 0.900 bits per heavy atom. The fourth-order valence-electron chi connectivity index (χ4n) is 1.91. The molecule has 4 heteroatoms. The van der Waals surface area contributed by atoms with Gasteiger partial charge in [0.1, 0.15) is 17.4 Å². The second-order valence-electron chi connectivity index (χ2n) is 4.11. The molecule has 0 saturated carbocycles. The molecule has 2 aromatic carbocycles. The first-order valence-corrected chi connectivity index (χ1v) is 5.91. The van der Waals surface area contributed by atoms with Gasteiger partial charge in [0.25, 0.3) is 0 Å². The largest absolute Gasteiger partial charge is 0.452 e. The van der Waals surface area contributed by atoms with E-state index in [0.717, 1.165) is 5.39 Å². The van der Waals surface area contributed by atoms with Gasteiger partial charge in [-0.15, -0.1) is 0 Å². The van der Waals surface area contributed by atoms with E-state index in [-0.39, 0.29) is 5.76 Å². The van der Waals surface area contributed by atoms with Crippen LogP contribution in [0.1, 0.15) is 11.3 Å². The van der Waals surface area contributed by atoms with Crippen LogP contribution in [0.3, 0.4) is 0 Å². The number of hydrogen-bond acceptors (Lipinski definition) is 4. The SMILES string of the molecule is N#Cc1ccc(Oc2c(C#N)oc3ccccc23)cc1. The van der Waals surface area contributed by atoms with Gasteiger partial charge in [0.2, 0.25) is 5.76 Å². The van der Waals surface area contributed by atoms with E-state index in [0.29, 0.717) is 22.6 Å². The summed E-state index contributed by atoms with van der Waals surface area (Å²) in [5.74, 6) is 1.08. The molecule has 0 unspecified atom stereocenters. The molecule has 0 spiro atoms. The molecule has 0 radical (unpaired) electrons. The Balaban J connectivity index is 2.05. The van der Waals surface area contributed by atoms with Crippen molar-refractivity contribution in [3.63, 3.8) is 0 Å². The molecule has 0 amide bonds. The van der Waals surface area contributed by atoms with Crippen molar-refractivity contribution < 1.29 is 9.15 Å². The molecule has 0 fully saturated rings. The van der Waals surface area contributed by atoms with Crippen molar-refractivity contribution >= 4 is 11.0 Å². The maximum Gasteiger partial charge on any atom is 0.247 e. The predicted molar refractivity (Wildman–Crippen MR) is 72.2 cm³/mol. The lowest BCUT2D eigenvalue weighted by atomic mass is 10.2. The standard InChI is InChI=1S/C16H8N2O2/c17-9-11-5-7-12(8-6-11)19-16-13-3-1-2-4-14(13)20-15(16)10-18/h1-8H. The van der Waals surface area contributed by atoms with Crippen LogP contribution in [0.5, 0.6) is 11.5 Å². The fourth-order valence-corrected chi connectivity index (χ4v) is 1.91. The van der Waals surface area contributed by atoms with Gasteiger partial charge in [-0.3, -0.25) is 0 Å². The van der Waals surface area contributed by atoms with Crippen molar-refractivity contribution in [2.75, 3.05) is 0 Å². The van der Waals surface area contributed by atoms with Gasteiger partial charge in [0, 0.05) is 0 Å². The van der Waals surface area contributed by atoms with Gasteiger partial charge in [-0.05, 0) is 36.4 Å². The van der Waals surface area contributed by atoms with Crippen molar-refractivity contribution in [2.45, 2.75) is 0 Å². The summed E-state index contributed by atoms with van der Waals surface area (Å²) in [6.45, 7) is 0. The molecular formula is C16H8N2O2. The second kappa shape index (κ2) is 4.79. The van der Waals surface area contributed by atoms with E-state index >= 15 is 0 Å². The summed E-state index contributed by atoms with van der Waals surface area (Å²) >= 11 is 0. The van der Waals surface area contributed by atoms with Crippen LogP contribution in [-0.4, -0.2) is 0 Å². The second-order valence-corrected chi connectivity index (χ2v) is 4.11. The molecule has 3 rings (SSSR count). The highest BCUT2D eigenvalue weighted by Crippen LogP contribution is 2.35. The van der Waals surface area contributed by atoms with E-state index in [1.165, 1.54) is 0 Å². The molecule has 0 aliphatic rings. The van der Waals surface area contributed by atoms with Gasteiger partial charge in [-0.2, -0.15) is 10.5 Å². The van der Waals surface area contributed by atoms with Crippen LogP contribution < -0.4 is 4.74 Å². The van der Waals surface area contributed by atoms with Gasteiger partial charge in [0.05, 0.1) is 17.0 Å². The Morgan fingerprint density at radius 3 is 2.35 bits per heavy atom. The third-order valence-corrected chi connectivity index (χ3v) is 2.85. The van der Waals surface area contributed by atoms with Gasteiger partial charge in [-0.1, -0.05) is 12.1 Å². The lowest BCUT2D eigenvalue weighted by Gasteiger charge is -2.03. The van der Waals surface area contributed by atoms with Crippen LogP contribution in [0.15, 0.2) is 52.9 Å². The Morgan fingerprint density at radius 2 is 1.65 bits per heavy atom. The Labute approximate surface area is 115 Å². The highest BCUT2D eigenvalue weighted by molar-refractivity contribution is 5.86. The molecule has 4 nitrogen and oxygen atoms in total. The summed E-state index contributed by atoms with van der Waals surface area (Å²) in [4.78, 5) is 0. The van der Waals surface area contributed by atoms with E-state index < -0.39 is 0 Å². The topological polar surface area (TPSA) is 69.9 Å². The molecule has 0 bridgehead atoms. The smallest absolute Gasteiger partial charge is 0.247 e. The Kier molecular flexibility index (Phi) is 2.84. The van der Waals surface area contributed by atoms with E-state index in [1.54, 1.807) is 30.3 Å². The Hall–Kier alpha value is -3.24. The number of hydrogen-bond donors (Lipinski definition) is 0. The van der Waals surface area contributed by atoms with Crippen LogP contribution in [0.4, 0.5) is 0 Å². The predicted octanol–water partition coefficient (Wildman–Crippen LogP) is 3.97. The lowest BCUT2D eigenvalue weighted by Crippen LogP contribution is -1.85. The molecule has 20 heavy (non-hydrogen) atoms. The molecule has 0 atom stereocenters. The lowest BCUT2D eigenvalue weighted by molar-refractivity contribution is 0.467. The number of nitrogens with zero attached hydrogens (tertiary/aromatic N) is 2. The third kappa shape index (κ3) is 1.96. The molecule has 0 N–H and O–H groups in total. The number of rotatable bonds is 2. The van der Waals surface area contributed by atoms with E-state index in [9.17, 15) is 0 Å². The molecule has 3 aromatic rings. The minimum atomic E-state index is 0.135. The highest BCUT2D eigenvalue weighted by atomic mass is 16.5. The van der Waals surface area contributed by atoms with Gasteiger partial charge in [-0.25, -0.2) is 0 Å². The maximum absolute atomic E-state index is 9.11. The first-order chi connectivity index (χ1) is 9.81. The normalized spacial score (nSPS) is 9.90. The maximum atomic E-state index is 9.11. The summed E-state index contributed by atoms with van der Waals surface area (Å²) in [7, 11) is 0. The van der Waals surface area contributed by atoms with Crippen molar-refractivity contribution in [2.24, 2.45) is 0 Å². The summed E-state index contributed by atoms with van der Waals surface area (Å²) < 4.78 is 11.2. The third-order valence-electron chi connectivity index (χ3n) is 2.85. The van der Waals surface area contributed by atoms with Crippen molar-refractivity contribution in [1.82, 2.24) is 0 Å². The zero-order valence-electron chi connectivity index (χ0n) is 10.3. The van der Waals surface area contributed by atoms with Crippen LogP contribution in [0.25, 0.3) is 11.0 Å². The van der Waals surface area contributed by atoms with E-state index in [2.05, 4.69) is 0 Å². The van der Waals surface area contributed by atoms with Gasteiger partial charge < -0.3 is 9.15 Å². The number of fused-ring (bicyclic) bond motifs is 1. The fraction of sp³-hybridized carbons (Fsp3) is 0. The minimum Gasteiger partial charge on any atom is -0.452 e. The van der Waals surface area contributed by atoms with Crippen LogP contribution in [0.2, 0.25) is 0 Å². The molecule has 1 aromatic heterocycles. The number of ether oxygens (including phenoxy) is 1. The van der Waals surface area contributed by atoms with Crippen molar-refractivity contribution in [3.8, 4) is 23.6 Å². The molecule has 0 aliphatic heterocycles. The monoisotopic (exact) mass is 260 g/mol. The van der Waals surface area contributed by atoms with Gasteiger partial charge >= 0.3 is 0 Å². The number of nitriles is 2. The van der Waals surface area contributed by atoms with Gasteiger partial charge in [0.15, 0.2) is 5.75 Å². The summed E-state index contributed by atoms with van der Waals surface area (Å²) in [5.41, 5.74) is 1.16. The summed E-state index contributed by atoms with van der Waals surface area (Å²) in [6, 6.07) is 18.0. The first-order valence-electron chi connectivity index (χ1n) is 5.91. The summed E-state index contributed by atoms with van der Waals surface area (Å²) in [6.07, 6.45) is 0. The molecule has 0 aliphatic carbocycles. The quantitative estimate of drug-likeness (QED) is 0.699. The molecule has 1 heterocycles. The number of furan rings is 1. The zero-order chi connectivity index (χ0) is 13.9.